The molecule has 0 saturated heterocycles. The highest BCUT2D eigenvalue weighted by Crippen LogP contribution is 2.20. The van der Waals surface area contributed by atoms with Gasteiger partial charge in [0.25, 0.3) is 0 Å². The molecule has 0 aliphatic heterocycles. The smallest absolute Gasteiger partial charge is 0.347 e. The molecule has 5 heteroatoms. The van der Waals surface area contributed by atoms with Crippen LogP contribution in [0.5, 0.6) is 5.75 Å². The molecule has 17 heavy (non-hydrogen) atoms. The van der Waals surface area contributed by atoms with Gasteiger partial charge in [-0.05, 0) is 25.5 Å². The molecule has 0 fully saturated rings. The molecular weight excluding hydrogens is 230 g/mol. The standard InChI is InChI=1S/C12H14F2O3/c1-3-10(12(15)16-4-2)17-11-7-8(13)5-6-9(11)14/h5-7,10H,3-4H2,1-2H3. The molecule has 0 saturated carbocycles. The number of carbonyl (C=O) groups is 1. The number of halogens is 2. The molecule has 0 heterocycles. The second-order valence-electron chi connectivity index (χ2n) is 3.34. The average Bonchev–Trinajstić information content (AvgIpc) is 2.30. The minimum Gasteiger partial charge on any atom is -0.476 e. The number of hydrogen-bond donors (Lipinski definition) is 0. The lowest BCUT2D eigenvalue weighted by Gasteiger charge is -2.16. The molecule has 1 rings (SSSR count). The summed E-state index contributed by atoms with van der Waals surface area (Å²) in [4.78, 5) is 11.4. The molecule has 0 aromatic heterocycles. The van der Waals surface area contributed by atoms with Gasteiger partial charge in [-0.3, -0.25) is 0 Å². The maximum atomic E-state index is 13.3. The van der Waals surface area contributed by atoms with Gasteiger partial charge < -0.3 is 9.47 Å². The van der Waals surface area contributed by atoms with E-state index in [2.05, 4.69) is 0 Å². The summed E-state index contributed by atoms with van der Waals surface area (Å²) in [5.41, 5.74) is 0. The van der Waals surface area contributed by atoms with Crippen molar-refractivity contribution in [2.75, 3.05) is 6.61 Å². The molecular formula is C12H14F2O3. The molecule has 0 spiro atoms. The third-order valence-electron chi connectivity index (χ3n) is 2.08. The zero-order valence-electron chi connectivity index (χ0n) is 9.70. The van der Waals surface area contributed by atoms with Crippen molar-refractivity contribution in [2.45, 2.75) is 26.4 Å². The van der Waals surface area contributed by atoms with Crippen molar-refractivity contribution in [1.82, 2.24) is 0 Å². The zero-order chi connectivity index (χ0) is 12.8. The topological polar surface area (TPSA) is 35.5 Å². The van der Waals surface area contributed by atoms with E-state index in [1.54, 1.807) is 13.8 Å². The van der Waals surface area contributed by atoms with Crippen molar-refractivity contribution in [1.29, 1.82) is 0 Å². The van der Waals surface area contributed by atoms with Crippen LogP contribution in [0.4, 0.5) is 8.78 Å². The Labute approximate surface area is 98.3 Å². The van der Waals surface area contributed by atoms with Gasteiger partial charge in [-0.1, -0.05) is 6.92 Å². The Balaban J connectivity index is 2.80. The Morgan fingerprint density at radius 2 is 2.06 bits per heavy atom. The first-order valence-electron chi connectivity index (χ1n) is 5.36. The lowest BCUT2D eigenvalue weighted by Crippen LogP contribution is -2.29. The van der Waals surface area contributed by atoms with Crippen molar-refractivity contribution in [3.05, 3.63) is 29.8 Å². The van der Waals surface area contributed by atoms with E-state index < -0.39 is 23.7 Å². The van der Waals surface area contributed by atoms with Crippen LogP contribution in [0, 0.1) is 11.6 Å². The van der Waals surface area contributed by atoms with E-state index in [0.717, 1.165) is 18.2 Å². The molecule has 94 valence electrons. The van der Waals surface area contributed by atoms with Gasteiger partial charge in [-0.2, -0.15) is 0 Å². The zero-order valence-corrected chi connectivity index (χ0v) is 9.70. The molecule has 0 amide bonds. The fourth-order valence-electron chi connectivity index (χ4n) is 1.25. The Bertz CT molecular complexity index is 393. The van der Waals surface area contributed by atoms with Crippen LogP contribution in [0.2, 0.25) is 0 Å². The van der Waals surface area contributed by atoms with E-state index in [1.807, 2.05) is 0 Å². The maximum Gasteiger partial charge on any atom is 0.347 e. The monoisotopic (exact) mass is 244 g/mol. The Kier molecular flexibility index (Phi) is 4.87. The SMILES string of the molecule is CCOC(=O)C(CC)Oc1cc(F)ccc1F. The highest BCUT2D eigenvalue weighted by atomic mass is 19.1. The summed E-state index contributed by atoms with van der Waals surface area (Å²) < 4.78 is 36.0. The first-order chi connectivity index (χ1) is 8.08. The number of rotatable bonds is 5. The fourth-order valence-corrected chi connectivity index (χ4v) is 1.25. The number of ether oxygens (including phenoxy) is 2. The van der Waals surface area contributed by atoms with Crippen LogP contribution in [-0.2, 0) is 9.53 Å². The third-order valence-corrected chi connectivity index (χ3v) is 2.08. The highest BCUT2D eigenvalue weighted by molar-refractivity contribution is 5.75. The van der Waals surface area contributed by atoms with Crippen LogP contribution >= 0.6 is 0 Å². The molecule has 0 bridgehead atoms. The van der Waals surface area contributed by atoms with Gasteiger partial charge in [0.15, 0.2) is 17.7 Å². The largest absolute Gasteiger partial charge is 0.476 e. The summed E-state index contributed by atoms with van der Waals surface area (Å²) in [6.45, 7) is 3.57. The van der Waals surface area contributed by atoms with E-state index in [9.17, 15) is 13.6 Å². The van der Waals surface area contributed by atoms with Crippen LogP contribution in [0.1, 0.15) is 20.3 Å². The predicted molar refractivity (Wildman–Crippen MR) is 57.7 cm³/mol. The summed E-state index contributed by atoms with van der Waals surface area (Å²) in [6.07, 6.45) is -0.610. The van der Waals surface area contributed by atoms with Crippen LogP contribution < -0.4 is 4.74 Å². The Morgan fingerprint density at radius 3 is 2.65 bits per heavy atom. The Hall–Kier alpha value is -1.65. The van der Waals surface area contributed by atoms with E-state index in [-0.39, 0.29) is 12.4 Å². The minimum absolute atomic E-state index is 0.213. The highest BCUT2D eigenvalue weighted by Gasteiger charge is 2.21. The molecule has 0 N–H and O–H groups in total. The number of hydrogen-bond acceptors (Lipinski definition) is 3. The van der Waals surface area contributed by atoms with Crippen LogP contribution in [-0.4, -0.2) is 18.7 Å². The van der Waals surface area contributed by atoms with Crippen molar-refractivity contribution in [2.24, 2.45) is 0 Å². The van der Waals surface area contributed by atoms with Gasteiger partial charge in [0.2, 0.25) is 0 Å². The molecule has 3 nitrogen and oxygen atoms in total. The lowest BCUT2D eigenvalue weighted by molar-refractivity contribution is -0.151. The van der Waals surface area contributed by atoms with Crippen molar-refractivity contribution in [3.8, 4) is 5.75 Å². The van der Waals surface area contributed by atoms with E-state index >= 15 is 0 Å². The summed E-state index contributed by atoms with van der Waals surface area (Å²) in [5, 5.41) is 0. The quantitative estimate of drug-likeness (QED) is 0.747. The van der Waals surface area contributed by atoms with E-state index in [4.69, 9.17) is 9.47 Å². The average molecular weight is 244 g/mol. The first kappa shape index (κ1) is 13.4. The van der Waals surface area contributed by atoms with E-state index in [0.29, 0.717) is 6.42 Å². The molecule has 0 aliphatic carbocycles. The van der Waals surface area contributed by atoms with Crippen molar-refractivity contribution >= 4 is 5.97 Å². The molecule has 0 radical (unpaired) electrons. The minimum atomic E-state index is -0.925. The molecule has 1 aromatic rings. The van der Waals surface area contributed by atoms with Gasteiger partial charge in [-0.15, -0.1) is 0 Å². The summed E-state index contributed by atoms with van der Waals surface area (Å²) in [7, 11) is 0. The predicted octanol–water partition coefficient (Wildman–Crippen LogP) is 2.69. The lowest BCUT2D eigenvalue weighted by atomic mass is 10.2. The second kappa shape index (κ2) is 6.18. The second-order valence-corrected chi connectivity index (χ2v) is 3.34. The summed E-state index contributed by atoms with van der Waals surface area (Å²) >= 11 is 0. The normalized spacial score (nSPS) is 12.0. The summed E-state index contributed by atoms with van der Waals surface area (Å²) in [6, 6.07) is 2.83. The molecule has 1 aromatic carbocycles. The number of benzene rings is 1. The number of carbonyl (C=O) groups excluding carboxylic acids is 1. The third kappa shape index (κ3) is 3.69. The van der Waals surface area contributed by atoms with E-state index in [1.165, 1.54) is 0 Å². The van der Waals surface area contributed by atoms with Crippen molar-refractivity contribution in [3.63, 3.8) is 0 Å². The van der Waals surface area contributed by atoms with Gasteiger partial charge in [-0.25, -0.2) is 13.6 Å². The van der Waals surface area contributed by atoms with Crippen molar-refractivity contribution < 1.29 is 23.0 Å². The van der Waals surface area contributed by atoms with Gasteiger partial charge in [0, 0.05) is 6.07 Å². The molecule has 0 aliphatic rings. The first-order valence-corrected chi connectivity index (χ1v) is 5.36. The Morgan fingerprint density at radius 1 is 1.35 bits per heavy atom. The molecule has 1 unspecified atom stereocenters. The van der Waals surface area contributed by atoms with Gasteiger partial charge >= 0.3 is 5.97 Å². The van der Waals surface area contributed by atoms with Gasteiger partial charge in [0.05, 0.1) is 6.61 Å². The number of esters is 1. The van der Waals surface area contributed by atoms with Gasteiger partial charge in [0.1, 0.15) is 5.82 Å². The summed E-state index contributed by atoms with van der Waals surface area (Å²) in [5.74, 6) is -2.21. The fraction of sp³-hybridized carbons (Fsp3) is 0.417. The van der Waals surface area contributed by atoms with Crippen LogP contribution in [0.15, 0.2) is 18.2 Å². The molecule has 1 atom stereocenters. The van der Waals surface area contributed by atoms with Crippen LogP contribution in [0.3, 0.4) is 0 Å². The maximum absolute atomic E-state index is 13.3. The van der Waals surface area contributed by atoms with Crippen LogP contribution in [0.25, 0.3) is 0 Å².